The van der Waals surface area contributed by atoms with Crippen LogP contribution >= 0.6 is 23.4 Å². The molecule has 390 valence electrons. The molecule has 0 radical (unpaired) electrons. The number of carbonyl (C=O) groups excluding carboxylic acids is 4. The molecule has 22 nitrogen and oxygen atoms in total. The smallest absolute Gasteiger partial charge is 0.277 e. The number of hydrogen-bond donors (Lipinski definition) is 6. The van der Waals surface area contributed by atoms with Crippen LogP contribution in [0.3, 0.4) is 0 Å². The minimum Gasteiger partial charge on any atom is -0.382 e. The molecule has 4 amide bonds. The highest BCUT2D eigenvalue weighted by Crippen LogP contribution is 2.43. The molecular weight excluding hydrogens is 974 g/mol. The number of piperidine rings is 2. The Morgan fingerprint density at radius 2 is 1.51 bits per heavy atom. The number of rotatable bonds is 27. The molecule has 3 saturated heterocycles. The Balaban J connectivity index is 0.660. The molecule has 0 bridgehead atoms. The van der Waals surface area contributed by atoms with Gasteiger partial charge in [-0.05, 0) is 44.4 Å². The summed E-state index contributed by atoms with van der Waals surface area (Å²) in [7, 11) is 0. The van der Waals surface area contributed by atoms with Gasteiger partial charge in [-0.25, -0.2) is 14.6 Å². The normalized spacial score (nSPS) is 18.7. The van der Waals surface area contributed by atoms with Gasteiger partial charge < -0.3 is 60.7 Å². The first-order valence-electron chi connectivity index (χ1n) is 24.2. The van der Waals surface area contributed by atoms with E-state index in [2.05, 4.69) is 41.2 Å². The van der Waals surface area contributed by atoms with Crippen molar-refractivity contribution in [2.24, 2.45) is 11.1 Å². The van der Waals surface area contributed by atoms with Crippen LogP contribution < -0.4 is 43.2 Å². The maximum Gasteiger partial charge on any atom is 0.277 e. The van der Waals surface area contributed by atoms with Gasteiger partial charge in [0.1, 0.15) is 16.9 Å². The molecule has 0 saturated carbocycles. The zero-order valence-electron chi connectivity index (χ0n) is 40.4. The van der Waals surface area contributed by atoms with Gasteiger partial charge in [0, 0.05) is 72.9 Å². The molecule has 1 unspecified atom stereocenters. The molecule has 5 heterocycles. The molecule has 7 rings (SSSR count). The Labute approximate surface area is 426 Å². The van der Waals surface area contributed by atoms with E-state index in [9.17, 15) is 24.0 Å². The van der Waals surface area contributed by atoms with Gasteiger partial charge in [0.05, 0.1) is 107 Å². The fraction of sp³-hybridized carbons (Fsp3) is 0.542. The third kappa shape index (κ3) is 14.8. The number of benzene rings is 2. The van der Waals surface area contributed by atoms with Gasteiger partial charge in [0.15, 0.2) is 5.82 Å². The first-order valence-corrected chi connectivity index (χ1v) is 25.4. The number of amides is 4. The second-order valence-corrected chi connectivity index (χ2v) is 19.0. The van der Waals surface area contributed by atoms with Gasteiger partial charge in [-0.1, -0.05) is 41.6 Å². The summed E-state index contributed by atoms with van der Waals surface area (Å²) in [5.41, 5.74) is 13.4. The molecule has 72 heavy (non-hydrogen) atoms. The molecule has 0 aliphatic carbocycles. The highest BCUT2D eigenvalue weighted by molar-refractivity contribution is 7.99. The Kier molecular flexibility index (Phi) is 20.3. The number of nitrogens with zero attached hydrogens (tertiary/aromatic N) is 5. The number of nitrogens with two attached hydrogens (primary N) is 2. The van der Waals surface area contributed by atoms with Crippen molar-refractivity contribution in [3.8, 4) is 0 Å². The molecule has 3 atom stereocenters. The van der Waals surface area contributed by atoms with E-state index in [1.807, 2.05) is 13.0 Å². The summed E-state index contributed by atoms with van der Waals surface area (Å²) in [4.78, 5) is 74.4. The van der Waals surface area contributed by atoms with Crippen LogP contribution in [0.1, 0.15) is 51.5 Å². The van der Waals surface area contributed by atoms with Crippen LogP contribution in [0.15, 0.2) is 63.5 Å². The average molecular weight is 1040 g/mol. The second kappa shape index (κ2) is 27.0. The predicted octanol–water partition coefficient (Wildman–Crippen LogP) is 2.91. The van der Waals surface area contributed by atoms with Crippen molar-refractivity contribution < 1.29 is 47.6 Å². The van der Waals surface area contributed by atoms with E-state index in [1.165, 1.54) is 18.0 Å². The molecule has 4 aromatic rings. The maximum absolute atomic E-state index is 13.3. The van der Waals surface area contributed by atoms with Crippen molar-refractivity contribution in [3.05, 3.63) is 64.2 Å². The summed E-state index contributed by atoms with van der Waals surface area (Å²) < 4.78 is 34.8. The number of carbonyl (C=O) groups is 4. The molecule has 3 fully saturated rings. The number of nitrogen functional groups attached to an aromatic ring is 1. The number of anilines is 4. The van der Waals surface area contributed by atoms with Crippen LogP contribution in [-0.4, -0.2) is 154 Å². The molecule has 8 N–H and O–H groups in total. The number of ether oxygens (including phenoxy) is 6. The topological polar surface area (TPSA) is 288 Å². The van der Waals surface area contributed by atoms with E-state index in [-0.39, 0.29) is 79.9 Å². The van der Waals surface area contributed by atoms with Crippen molar-refractivity contribution >= 4 is 80.8 Å². The third-order valence-electron chi connectivity index (χ3n) is 12.7. The quantitative estimate of drug-likeness (QED) is 0.0370. The molecule has 24 heteroatoms. The fourth-order valence-electron chi connectivity index (χ4n) is 8.58. The van der Waals surface area contributed by atoms with Gasteiger partial charge in [0.25, 0.3) is 11.5 Å². The standard InChI is InChI=1S/C48H64ClN11O11S/c1-31-43(50)48(30-71-31)12-16-59(17-13-48)37-29-54-46(44(51)57-37)72-36-7-3-6-34(42(36)49)56-39(62)11-10-38(61)53-15-19-67-21-23-69-25-27-70-26-24-68-22-20-66-18-14-52-33-5-2-4-32-28-55-60(47(65)41(32)33)35-8-9-40(63)58-45(35)64/h2-7,28-29,31,35,43,52H,8-27,30,50H2,1H3,(H2,51,57)(H,53,61)(H,56,62)(H,58,63,64)/t31-,35?,43+/m0/s1. The van der Waals surface area contributed by atoms with Crippen LogP contribution in [0.5, 0.6) is 0 Å². The van der Waals surface area contributed by atoms with E-state index in [4.69, 9.17) is 51.5 Å². The van der Waals surface area contributed by atoms with Gasteiger partial charge in [-0.2, -0.15) is 5.10 Å². The number of halogens is 1. The lowest BCUT2D eigenvalue weighted by molar-refractivity contribution is -0.136. The second-order valence-electron chi connectivity index (χ2n) is 17.5. The van der Waals surface area contributed by atoms with Crippen LogP contribution in [-0.2, 0) is 47.6 Å². The summed E-state index contributed by atoms with van der Waals surface area (Å²) in [6, 6.07) is 9.80. The van der Waals surface area contributed by atoms with Gasteiger partial charge >= 0.3 is 0 Å². The number of nitrogens with one attached hydrogen (secondary N) is 4. The molecule has 2 aromatic carbocycles. The Morgan fingerprint density at radius 3 is 2.17 bits per heavy atom. The summed E-state index contributed by atoms with van der Waals surface area (Å²) in [6.07, 6.45) is 5.44. The average Bonchev–Trinajstić information content (AvgIpc) is 3.64. The molecule has 3 aliphatic heterocycles. The highest BCUT2D eigenvalue weighted by atomic mass is 35.5. The van der Waals surface area contributed by atoms with E-state index < -0.39 is 17.5 Å². The fourth-order valence-corrected chi connectivity index (χ4v) is 9.68. The maximum atomic E-state index is 13.3. The number of aromatic nitrogens is 4. The van der Waals surface area contributed by atoms with Crippen LogP contribution in [0, 0.1) is 5.41 Å². The highest BCUT2D eigenvalue weighted by Gasteiger charge is 2.47. The molecular formula is C48H64ClN11O11S. The molecule has 3 aliphatic rings. The zero-order chi connectivity index (χ0) is 50.9. The summed E-state index contributed by atoms with van der Waals surface area (Å²) in [5.74, 6) is -0.558. The van der Waals surface area contributed by atoms with Crippen molar-refractivity contribution in [1.82, 2.24) is 30.4 Å². The summed E-state index contributed by atoms with van der Waals surface area (Å²) in [6.45, 7) is 8.68. The van der Waals surface area contributed by atoms with Crippen molar-refractivity contribution in [2.75, 3.05) is 120 Å². The lowest BCUT2D eigenvalue weighted by Gasteiger charge is -2.41. The van der Waals surface area contributed by atoms with Gasteiger partial charge in [-0.3, -0.25) is 29.3 Å². The van der Waals surface area contributed by atoms with E-state index in [0.717, 1.165) is 30.6 Å². The number of hydrogen-bond acceptors (Lipinski definition) is 19. The Morgan fingerprint density at radius 1 is 0.875 bits per heavy atom. The number of fused-ring (bicyclic) bond motifs is 1. The first kappa shape index (κ1) is 54.3. The van der Waals surface area contributed by atoms with Crippen LogP contribution in [0.2, 0.25) is 5.02 Å². The largest absolute Gasteiger partial charge is 0.382 e. The summed E-state index contributed by atoms with van der Waals surface area (Å²) in [5, 5.41) is 17.1. The monoisotopic (exact) mass is 1040 g/mol. The Bertz CT molecular complexity index is 2550. The van der Waals surface area contributed by atoms with Crippen LogP contribution in [0.4, 0.5) is 23.0 Å². The van der Waals surface area contributed by atoms with Crippen molar-refractivity contribution in [3.63, 3.8) is 0 Å². The SMILES string of the molecule is C[C@@H]1OCC2(CCN(c3cnc(Sc4cccc(NC(=O)CCC(=O)NCCOCCOCCOCCOCCOCCNc5cccc6cnn(C7CCC(=O)NC7=O)c(=O)c56)c4Cl)c(N)n3)CC2)[C@@H]1N. The van der Waals surface area contributed by atoms with E-state index >= 15 is 0 Å². The number of imide groups is 1. The van der Waals surface area contributed by atoms with Gasteiger partial charge in [-0.15, -0.1) is 0 Å². The van der Waals surface area contributed by atoms with E-state index in [1.54, 1.807) is 36.5 Å². The Hall–Kier alpha value is -5.50. The lowest BCUT2D eigenvalue weighted by atomic mass is 9.73. The lowest BCUT2D eigenvalue weighted by Crippen LogP contribution is -2.50. The minimum absolute atomic E-state index is 0.00373. The van der Waals surface area contributed by atoms with Crippen LogP contribution in [0.25, 0.3) is 10.8 Å². The van der Waals surface area contributed by atoms with Crippen molar-refractivity contribution in [2.45, 2.75) is 73.6 Å². The molecule has 1 spiro atoms. The minimum atomic E-state index is -0.845. The zero-order valence-corrected chi connectivity index (χ0v) is 41.9. The van der Waals surface area contributed by atoms with Gasteiger partial charge in [0.2, 0.25) is 17.7 Å². The van der Waals surface area contributed by atoms with E-state index in [0.29, 0.717) is 116 Å². The molecule has 2 aromatic heterocycles. The first-order chi connectivity index (χ1) is 34.9. The third-order valence-corrected chi connectivity index (χ3v) is 14.3. The van der Waals surface area contributed by atoms with Crippen molar-refractivity contribution in [1.29, 1.82) is 0 Å². The predicted molar refractivity (Wildman–Crippen MR) is 270 cm³/mol. The summed E-state index contributed by atoms with van der Waals surface area (Å²) >= 11 is 7.95.